The molecule has 0 N–H and O–H groups in total. The molecule has 0 spiro atoms. The van der Waals surface area contributed by atoms with E-state index in [0.717, 1.165) is 34.6 Å². The topological polar surface area (TPSA) is 31.2 Å². The Kier molecular flexibility index (Phi) is 4.48. The fraction of sp³-hybridized carbons (Fsp3) is 0.261. The fourth-order valence-corrected chi connectivity index (χ4v) is 3.76. The standard InChI is InChI=1S/C23H23NO2/c1-3-26-22-14-13-21(25)19-15-20(17-7-5-4-6-8-17)24(23(19)22)18-11-9-16(2)10-12-18/h4-12,15,22H,3,13-14H2,1-2H3. The predicted octanol–water partition coefficient (Wildman–Crippen LogP) is 5.51. The molecule has 3 aromatic rings. The van der Waals surface area contributed by atoms with Crippen LogP contribution in [-0.2, 0) is 4.74 Å². The summed E-state index contributed by atoms with van der Waals surface area (Å²) in [7, 11) is 0. The summed E-state index contributed by atoms with van der Waals surface area (Å²) in [6.45, 7) is 4.73. The maximum atomic E-state index is 12.6. The third-order valence-electron chi connectivity index (χ3n) is 5.01. The molecule has 0 amide bonds. The van der Waals surface area contributed by atoms with Crippen LogP contribution < -0.4 is 0 Å². The van der Waals surface area contributed by atoms with Gasteiger partial charge in [-0.1, -0.05) is 48.0 Å². The van der Waals surface area contributed by atoms with Crippen molar-refractivity contribution in [2.24, 2.45) is 0 Å². The summed E-state index contributed by atoms with van der Waals surface area (Å²) >= 11 is 0. The Morgan fingerprint density at radius 2 is 1.81 bits per heavy atom. The highest BCUT2D eigenvalue weighted by Gasteiger charge is 2.32. The maximum Gasteiger partial charge on any atom is 0.164 e. The number of hydrogen-bond acceptors (Lipinski definition) is 2. The molecule has 3 heteroatoms. The van der Waals surface area contributed by atoms with E-state index in [9.17, 15) is 4.79 Å². The number of nitrogens with zero attached hydrogens (tertiary/aromatic N) is 1. The fourth-order valence-electron chi connectivity index (χ4n) is 3.76. The molecule has 4 rings (SSSR count). The van der Waals surface area contributed by atoms with Crippen LogP contribution in [0.15, 0.2) is 60.7 Å². The minimum atomic E-state index is -0.0496. The molecule has 1 atom stereocenters. The van der Waals surface area contributed by atoms with Gasteiger partial charge in [0.2, 0.25) is 0 Å². The van der Waals surface area contributed by atoms with Gasteiger partial charge in [-0.05, 0) is 44.0 Å². The Morgan fingerprint density at radius 3 is 2.50 bits per heavy atom. The van der Waals surface area contributed by atoms with E-state index in [2.05, 4.69) is 47.9 Å². The quantitative estimate of drug-likeness (QED) is 0.624. The summed E-state index contributed by atoms with van der Waals surface area (Å²) in [4.78, 5) is 12.6. The SMILES string of the molecule is CCOC1CCC(=O)c2cc(-c3ccccc3)n(-c3ccc(C)cc3)c21. The number of hydrogen-bond donors (Lipinski definition) is 0. The summed E-state index contributed by atoms with van der Waals surface area (Å²) < 4.78 is 8.23. The van der Waals surface area contributed by atoms with E-state index in [1.807, 2.05) is 31.2 Å². The summed E-state index contributed by atoms with van der Waals surface area (Å²) in [6, 6.07) is 20.7. The molecule has 0 saturated carbocycles. The van der Waals surface area contributed by atoms with Gasteiger partial charge in [0.25, 0.3) is 0 Å². The first-order valence-corrected chi connectivity index (χ1v) is 9.22. The summed E-state index contributed by atoms with van der Waals surface area (Å²) in [5.41, 5.74) is 6.22. The molecule has 1 aliphatic rings. The molecule has 2 aromatic carbocycles. The van der Waals surface area contributed by atoms with Crippen molar-refractivity contribution in [1.82, 2.24) is 4.57 Å². The Hall–Kier alpha value is -2.65. The first-order chi connectivity index (χ1) is 12.7. The molecular weight excluding hydrogens is 322 g/mol. The van der Waals surface area contributed by atoms with E-state index in [0.29, 0.717) is 13.0 Å². The molecule has 132 valence electrons. The number of carbonyl (C=O) groups is 1. The van der Waals surface area contributed by atoms with Gasteiger partial charge in [0, 0.05) is 24.3 Å². The second-order valence-corrected chi connectivity index (χ2v) is 6.77. The lowest BCUT2D eigenvalue weighted by molar-refractivity contribution is 0.0435. The highest BCUT2D eigenvalue weighted by molar-refractivity contribution is 6.00. The first-order valence-electron chi connectivity index (χ1n) is 9.22. The van der Waals surface area contributed by atoms with Crippen LogP contribution >= 0.6 is 0 Å². The van der Waals surface area contributed by atoms with Crippen molar-refractivity contribution in [1.29, 1.82) is 0 Å². The van der Waals surface area contributed by atoms with Crippen molar-refractivity contribution in [3.63, 3.8) is 0 Å². The largest absolute Gasteiger partial charge is 0.372 e. The molecule has 1 heterocycles. The van der Waals surface area contributed by atoms with Crippen molar-refractivity contribution in [3.8, 4) is 16.9 Å². The van der Waals surface area contributed by atoms with Gasteiger partial charge in [0.05, 0.1) is 17.5 Å². The zero-order valence-electron chi connectivity index (χ0n) is 15.2. The van der Waals surface area contributed by atoms with E-state index >= 15 is 0 Å². The molecule has 0 saturated heterocycles. The molecule has 1 aliphatic carbocycles. The normalized spacial score (nSPS) is 16.5. The molecule has 0 bridgehead atoms. The number of rotatable bonds is 4. The number of Topliss-reactive ketones (excluding diaryl/α,β-unsaturated/α-hetero) is 1. The number of fused-ring (bicyclic) bond motifs is 1. The van der Waals surface area contributed by atoms with Crippen molar-refractivity contribution < 1.29 is 9.53 Å². The highest BCUT2D eigenvalue weighted by Crippen LogP contribution is 2.39. The van der Waals surface area contributed by atoms with Crippen LogP contribution in [0.5, 0.6) is 0 Å². The molecular formula is C23H23NO2. The third-order valence-corrected chi connectivity index (χ3v) is 5.01. The van der Waals surface area contributed by atoms with Gasteiger partial charge < -0.3 is 9.30 Å². The second-order valence-electron chi connectivity index (χ2n) is 6.77. The Bertz CT molecular complexity index is 923. The average Bonchev–Trinajstić information content (AvgIpc) is 3.07. The van der Waals surface area contributed by atoms with Crippen LogP contribution in [-0.4, -0.2) is 17.0 Å². The minimum absolute atomic E-state index is 0.0496. The molecule has 1 unspecified atom stereocenters. The van der Waals surface area contributed by atoms with Gasteiger partial charge in [0.15, 0.2) is 5.78 Å². The van der Waals surface area contributed by atoms with Crippen LogP contribution in [0.3, 0.4) is 0 Å². The van der Waals surface area contributed by atoms with Crippen LogP contribution in [0, 0.1) is 6.92 Å². The molecule has 0 fully saturated rings. The lowest BCUT2D eigenvalue weighted by Gasteiger charge is -2.25. The average molecular weight is 345 g/mol. The van der Waals surface area contributed by atoms with Crippen molar-refractivity contribution in [2.75, 3.05) is 6.61 Å². The van der Waals surface area contributed by atoms with Gasteiger partial charge in [-0.25, -0.2) is 0 Å². The monoisotopic (exact) mass is 345 g/mol. The van der Waals surface area contributed by atoms with Crippen LogP contribution in [0.2, 0.25) is 0 Å². The second kappa shape index (κ2) is 6.93. The van der Waals surface area contributed by atoms with Gasteiger partial charge in [-0.15, -0.1) is 0 Å². The summed E-state index contributed by atoms with van der Waals surface area (Å²) in [5.74, 6) is 0.207. The summed E-state index contributed by atoms with van der Waals surface area (Å²) in [5, 5.41) is 0. The van der Waals surface area contributed by atoms with E-state index in [-0.39, 0.29) is 11.9 Å². The van der Waals surface area contributed by atoms with Gasteiger partial charge in [-0.3, -0.25) is 4.79 Å². The zero-order chi connectivity index (χ0) is 18.1. The van der Waals surface area contributed by atoms with Gasteiger partial charge in [0.1, 0.15) is 0 Å². The molecule has 0 aliphatic heterocycles. The third kappa shape index (κ3) is 2.89. The number of benzene rings is 2. The van der Waals surface area contributed by atoms with E-state index in [1.165, 1.54) is 5.56 Å². The van der Waals surface area contributed by atoms with E-state index in [1.54, 1.807) is 0 Å². The molecule has 1 aromatic heterocycles. The number of ketones is 1. The number of aromatic nitrogens is 1. The molecule has 3 nitrogen and oxygen atoms in total. The Morgan fingerprint density at radius 1 is 1.08 bits per heavy atom. The van der Waals surface area contributed by atoms with Crippen molar-refractivity contribution in [2.45, 2.75) is 32.8 Å². The first kappa shape index (κ1) is 16.8. The predicted molar refractivity (Wildman–Crippen MR) is 104 cm³/mol. The Labute approximate surface area is 154 Å². The van der Waals surface area contributed by atoms with Gasteiger partial charge in [-0.2, -0.15) is 0 Å². The van der Waals surface area contributed by atoms with Crippen LogP contribution in [0.25, 0.3) is 16.9 Å². The molecule has 26 heavy (non-hydrogen) atoms. The smallest absolute Gasteiger partial charge is 0.164 e. The zero-order valence-corrected chi connectivity index (χ0v) is 15.2. The highest BCUT2D eigenvalue weighted by atomic mass is 16.5. The van der Waals surface area contributed by atoms with Gasteiger partial charge >= 0.3 is 0 Å². The Balaban J connectivity index is 1.99. The lowest BCUT2D eigenvalue weighted by atomic mass is 9.94. The van der Waals surface area contributed by atoms with E-state index in [4.69, 9.17) is 4.74 Å². The number of aryl methyl sites for hydroxylation is 1. The lowest BCUT2D eigenvalue weighted by Crippen LogP contribution is -2.20. The maximum absolute atomic E-state index is 12.6. The number of ether oxygens (including phenoxy) is 1. The summed E-state index contributed by atoms with van der Waals surface area (Å²) in [6.07, 6.45) is 1.24. The van der Waals surface area contributed by atoms with Crippen molar-refractivity contribution in [3.05, 3.63) is 77.5 Å². The van der Waals surface area contributed by atoms with Crippen molar-refractivity contribution >= 4 is 5.78 Å². The van der Waals surface area contributed by atoms with E-state index < -0.39 is 0 Å². The van der Waals surface area contributed by atoms with Crippen LogP contribution in [0.4, 0.5) is 0 Å². The van der Waals surface area contributed by atoms with Crippen LogP contribution in [0.1, 0.15) is 47.5 Å². The number of carbonyl (C=O) groups excluding carboxylic acids is 1. The molecule has 0 radical (unpaired) electrons. The minimum Gasteiger partial charge on any atom is -0.372 e.